The van der Waals surface area contributed by atoms with Crippen molar-refractivity contribution < 1.29 is 4.79 Å². The Morgan fingerprint density at radius 1 is 1.56 bits per heavy atom. The van der Waals surface area contributed by atoms with Gasteiger partial charge in [0.1, 0.15) is 18.5 Å². The Hall–Kier alpha value is -2.44. The number of nitrogens with zero attached hydrogens (tertiary/aromatic N) is 3. The van der Waals surface area contributed by atoms with E-state index in [1.54, 1.807) is 6.92 Å². The van der Waals surface area contributed by atoms with E-state index in [-0.39, 0.29) is 17.9 Å². The molecule has 0 saturated heterocycles. The summed E-state index contributed by atoms with van der Waals surface area (Å²) in [4.78, 5) is 29.8. The highest BCUT2D eigenvalue weighted by atomic mass is 16.1. The van der Waals surface area contributed by atoms with E-state index in [2.05, 4.69) is 20.4 Å². The number of nitrogens with one attached hydrogen (secondary N) is 2. The molecular weight excluding hydrogens is 234 g/mol. The first-order valence-electron chi connectivity index (χ1n) is 5.40. The van der Waals surface area contributed by atoms with E-state index < -0.39 is 0 Å². The Labute approximate surface area is 103 Å². The first-order chi connectivity index (χ1) is 8.58. The molecule has 2 rings (SSSR count). The van der Waals surface area contributed by atoms with Gasteiger partial charge >= 0.3 is 0 Å². The zero-order valence-electron chi connectivity index (χ0n) is 10.1. The summed E-state index contributed by atoms with van der Waals surface area (Å²) in [6.07, 6.45) is 2.87. The fraction of sp³-hybridized carbons (Fsp3) is 0.273. The highest BCUT2D eigenvalue weighted by Crippen LogP contribution is 2.07. The standard InChI is InChI=1S/C11H13N5O2/c1-7-3-10(18)9(4-13-8(2)17)11(15-7)16-6-12-5-14-16/h3,5-6H,4H2,1-2H3,(H,13,17)(H,15,18). The Kier molecular flexibility index (Phi) is 3.22. The second-order valence-corrected chi connectivity index (χ2v) is 3.89. The Morgan fingerprint density at radius 3 is 2.94 bits per heavy atom. The summed E-state index contributed by atoms with van der Waals surface area (Å²) < 4.78 is 1.46. The van der Waals surface area contributed by atoms with E-state index in [9.17, 15) is 9.59 Å². The number of aromatic nitrogens is 4. The number of rotatable bonds is 3. The molecule has 2 heterocycles. The first kappa shape index (κ1) is 12.0. The fourth-order valence-corrected chi connectivity index (χ4v) is 1.60. The molecule has 2 N–H and O–H groups in total. The molecule has 0 fully saturated rings. The Balaban J connectivity index is 2.49. The van der Waals surface area contributed by atoms with Crippen LogP contribution in [0, 0.1) is 6.92 Å². The van der Waals surface area contributed by atoms with Crippen molar-refractivity contribution in [2.24, 2.45) is 0 Å². The average molecular weight is 247 g/mol. The van der Waals surface area contributed by atoms with Crippen LogP contribution in [-0.4, -0.2) is 25.7 Å². The predicted molar refractivity (Wildman–Crippen MR) is 64.2 cm³/mol. The van der Waals surface area contributed by atoms with Gasteiger partial charge in [-0.3, -0.25) is 9.59 Å². The topological polar surface area (TPSA) is 92.7 Å². The lowest BCUT2D eigenvalue weighted by molar-refractivity contribution is -0.119. The minimum atomic E-state index is -0.195. The van der Waals surface area contributed by atoms with E-state index in [1.165, 1.54) is 30.3 Å². The van der Waals surface area contributed by atoms with Crippen molar-refractivity contribution in [2.75, 3.05) is 0 Å². The van der Waals surface area contributed by atoms with Gasteiger partial charge in [-0.1, -0.05) is 0 Å². The largest absolute Gasteiger partial charge is 0.352 e. The SMILES string of the molecule is CC(=O)NCc1c(-n2cncn2)[nH]c(C)cc1=O. The summed E-state index contributed by atoms with van der Waals surface area (Å²) in [5, 5.41) is 6.58. The van der Waals surface area contributed by atoms with Gasteiger partial charge in [0.15, 0.2) is 5.43 Å². The van der Waals surface area contributed by atoms with Gasteiger partial charge in [0, 0.05) is 18.7 Å². The van der Waals surface area contributed by atoms with Gasteiger partial charge in [0.05, 0.1) is 12.1 Å². The summed E-state index contributed by atoms with van der Waals surface area (Å²) >= 11 is 0. The minimum Gasteiger partial charge on any atom is -0.352 e. The summed E-state index contributed by atoms with van der Waals surface area (Å²) in [6, 6.07) is 1.48. The predicted octanol–water partition coefficient (Wildman–Crippen LogP) is -0.0999. The van der Waals surface area contributed by atoms with Gasteiger partial charge in [0.2, 0.25) is 5.91 Å². The Morgan fingerprint density at radius 2 is 2.33 bits per heavy atom. The number of aryl methyl sites for hydroxylation is 1. The molecule has 0 unspecified atom stereocenters. The maximum absolute atomic E-state index is 11.9. The fourth-order valence-electron chi connectivity index (χ4n) is 1.60. The van der Waals surface area contributed by atoms with Crippen LogP contribution in [0.2, 0.25) is 0 Å². The van der Waals surface area contributed by atoms with E-state index in [0.717, 1.165) is 5.69 Å². The van der Waals surface area contributed by atoms with E-state index in [1.807, 2.05) is 0 Å². The third kappa shape index (κ3) is 2.45. The quantitative estimate of drug-likeness (QED) is 0.792. The normalized spacial score (nSPS) is 10.3. The molecule has 0 aliphatic carbocycles. The molecule has 0 aromatic carbocycles. The number of amides is 1. The molecule has 0 spiro atoms. The van der Waals surface area contributed by atoms with Crippen LogP contribution in [0.1, 0.15) is 18.2 Å². The molecule has 1 amide bonds. The molecule has 2 aromatic heterocycles. The van der Waals surface area contributed by atoms with E-state index >= 15 is 0 Å². The molecular formula is C11H13N5O2. The highest BCUT2D eigenvalue weighted by Gasteiger charge is 2.11. The summed E-state index contributed by atoms with van der Waals surface area (Å²) in [5.74, 6) is 0.325. The minimum absolute atomic E-state index is 0.148. The lowest BCUT2D eigenvalue weighted by atomic mass is 10.2. The number of H-pyrrole nitrogens is 1. The first-order valence-corrected chi connectivity index (χ1v) is 5.40. The average Bonchev–Trinajstić information content (AvgIpc) is 2.79. The van der Waals surface area contributed by atoms with Gasteiger partial charge in [-0.15, -0.1) is 0 Å². The summed E-state index contributed by atoms with van der Waals surface area (Å²) in [5.41, 5.74) is 1.02. The molecule has 0 radical (unpaired) electrons. The summed E-state index contributed by atoms with van der Waals surface area (Å²) in [7, 11) is 0. The number of hydrogen-bond donors (Lipinski definition) is 2. The number of carbonyl (C=O) groups excluding carboxylic acids is 1. The molecule has 0 aliphatic heterocycles. The van der Waals surface area contributed by atoms with Crippen LogP contribution < -0.4 is 10.7 Å². The van der Waals surface area contributed by atoms with Gasteiger partial charge in [-0.05, 0) is 6.92 Å². The molecule has 7 nitrogen and oxygen atoms in total. The van der Waals surface area contributed by atoms with Crippen molar-refractivity contribution in [2.45, 2.75) is 20.4 Å². The van der Waals surface area contributed by atoms with Crippen LogP contribution in [0.15, 0.2) is 23.5 Å². The van der Waals surface area contributed by atoms with Crippen LogP contribution in [0.3, 0.4) is 0 Å². The smallest absolute Gasteiger partial charge is 0.217 e. The second-order valence-electron chi connectivity index (χ2n) is 3.89. The number of carbonyl (C=O) groups is 1. The van der Waals surface area contributed by atoms with Gasteiger partial charge in [-0.2, -0.15) is 5.10 Å². The van der Waals surface area contributed by atoms with Crippen LogP contribution in [0.25, 0.3) is 5.82 Å². The molecule has 94 valence electrons. The van der Waals surface area contributed by atoms with Crippen molar-refractivity contribution in [1.82, 2.24) is 25.1 Å². The van der Waals surface area contributed by atoms with Crippen molar-refractivity contribution in [1.29, 1.82) is 0 Å². The third-order valence-corrected chi connectivity index (χ3v) is 2.41. The lowest BCUT2D eigenvalue weighted by Crippen LogP contribution is -2.26. The molecule has 0 bridgehead atoms. The van der Waals surface area contributed by atoms with E-state index in [4.69, 9.17) is 0 Å². The molecule has 0 atom stereocenters. The highest BCUT2D eigenvalue weighted by molar-refractivity contribution is 5.72. The van der Waals surface area contributed by atoms with Crippen LogP contribution >= 0.6 is 0 Å². The zero-order chi connectivity index (χ0) is 13.1. The molecule has 18 heavy (non-hydrogen) atoms. The van der Waals surface area contributed by atoms with Crippen LogP contribution in [0.4, 0.5) is 0 Å². The maximum atomic E-state index is 11.9. The van der Waals surface area contributed by atoms with Crippen molar-refractivity contribution in [3.63, 3.8) is 0 Å². The zero-order valence-corrected chi connectivity index (χ0v) is 10.1. The molecule has 0 saturated carbocycles. The molecule has 0 aliphatic rings. The second kappa shape index (κ2) is 4.82. The lowest BCUT2D eigenvalue weighted by Gasteiger charge is -2.10. The van der Waals surface area contributed by atoms with Gasteiger partial charge in [-0.25, -0.2) is 9.67 Å². The summed E-state index contributed by atoms with van der Waals surface area (Å²) in [6.45, 7) is 3.33. The molecule has 7 heteroatoms. The maximum Gasteiger partial charge on any atom is 0.217 e. The van der Waals surface area contributed by atoms with Crippen molar-refractivity contribution in [3.8, 4) is 5.82 Å². The number of hydrogen-bond acceptors (Lipinski definition) is 4. The van der Waals surface area contributed by atoms with Gasteiger partial charge in [0.25, 0.3) is 0 Å². The monoisotopic (exact) mass is 247 g/mol. The van der Waals surface area contributed by atoms with Crippen LogP contribution in [-0.2, 0) is 11.3 Å². The van der Waals surface area contributed by atoms with E-state index in [0.29, 0.717) is 11.4 Å². The number of pyridine rings is 1. The molecule has 2 aromatic rings. The van der Waals surface area contributed by atoms with Crippen molar-refractivity contribution in [3.05, 3.63) is 40.2 Å². The van der Waals surface area contributed by atoms with Gasteiger partial charge < -0.3 is 10.3 Å². The number of aromatic amines is 1. The van der Waals surface area contributed by atoms with Crippen LogP contribution in [0.5, 0.6) is 0 Å². The van der Waals surface area contributed by atoms with Crippen molar-refractivity contribution >= 4 is 5.91 Å². The Bertz CT molecular complexity index is 615. The third-order valence-electron chi connectivity index (χ3n) is 2.41.